The molecule has 2 aromatic carbocycles. The van der Waals surface area contributed by atoms with Gasteiger partial charge in [-0.05, 0) is 17.5 Å². The molecule has 5 nitrogen and oxygen atoms in total. The summed E-state index contributed by atoms with van der Waals surface area (Å²) in [5.74, 6) is 2.31. The van der Waals surface area contributed by atoms with Gasteiger partial charge in [-0.2, -0.15) is 0 Å². The Bertz CT molecular complexity index is 1090. The number of rotatable bonds is 5. The normalized spacial score (nSPS) is 12.1. The van der Waals surface area contributed by atoms with Crippen LogP contribution in [0.1, 0.15) is 17.4 Å². The number of aryl methyl sites for hydroxylation is 1. The van der Waals surface area contributed by atoms with Crippen LogP contribution in [0.3, 0.4) is 0 Å². The Kier molecular flexibility index (Phi) is 4.69. The highest BCUT2D eigenvalue weighted by molar-refractivity contribution is 6.34. The van der Waals surface area contributed by atoms with Gasteiger partial charge in [-0.1, -0.05) is 54.1 Å². The zero-order chi connectivity index (χ0) is 18.8. The van der Waals surface area contributed by atoms with E-state index in [4.69, 9.17) is 16.3 Å². The molecule has 0 spiro atoms. The fourth-order valence-electron chi connectivity index (χ4n) is 3.22. The standard InChI is InChI=1S/C21H19ClN4O/c1-26-12-11-23-21(26)19(16-9-5-6-10-17(16)27-2)24-18-13-14-7-3-4-8-15(14)20(22)25-18/h3-13,19H,1-2H3,(H,24,25). The molecular formula is C21H19ClN4O. The molecule has 0 aliphatic rings. The minimum atomic E-state index is -0.245. The Morgan fingerprint density at radius 3 is 2.67 bits per heavy atom. The Morgan fingerprint density at radius 1 is 1.11 bits per heavy atom. The van der Waals surface area contributed by atoms with E-state index in [1.54, 1.807) is 13.3 Å². The van der Waals surface area contributed by atoms with E-state index in [0.29, 0.717) is 11.0 Å². The minimum Gasteiger partial charge on any atom is -0.496 e. The number of imidazole rings is 1. The number of nitrogens with zero attached hydrogens (tertiary/aromatic N) is 3. The predicted octanol–water partition coefficient (Wildman–Crippen LogP) is 4.83. The van der Waals surface area contributed by atoms with Crippen LogP contribution in [-0.2, 0) is 7.05 Å². The Balaban J connectivity index is 1.82. The van der Waals surface area contributed by atoms with Gasteiger partial charge in [0.15, 0.2) is 0 Å². The second-order valence-electron chi connectivity index (χ2n) is 6.24. The van der Waals surface area contributed by atoms with E-state index in [0.717, 1.165) is 27.9 Å². The quantitative estimate of drug-likeness (QED) is 0.505. The summed E-state index contributed by atoms with van der Waals surface area (Å²) in [4.78, 5) is 9.07. The van der Waals surface area contributed by atoms with Crippen molar-refractivity contribution in [2.75, 3.05) is 12.4 Å². The van der Waals surface area contributed by atoms with Crippen molar-refractivity contribution < 1.29 is 4.74 Å². The van der Waals surface area contributed by atoms with Crippen LogP contribution in [0, 0.1) is 0 Å². The molecule has 1 N–H and O–H groups in total. The van der Waals surface area contributed by atoms with Crippen molar-refractivity contribution in [1.29, 1.82) is 0 Å². The number of methoxy groups -OCH3 is 1. The molecular weight excluding hydrogens is 360 g/mol. The summed E-state index contributed by atoms with van der Waals surface area (Å²) in [6, 6.07) is 17.6. The maximum Gasteiger partial charge on any atom is 0.139 e. The number of para-hydroxylation sites is 1. The highest BCUT2D eigenvalue weighted by atomic mass is 35.5. The van der Waals surface area contributed by atoms with Gasteiger partial charge < -0.3 is 14.6 Å². The summed E-state index contributed by atoms with van der Waals surface area (Å²) in [5.41, 5.74) is 0.973. The first-order chi connectivity index (χ1) is 13.2. The van der Waals surface area contributed by atoms with Crippen LogP contribution in [-0.4, -0.2) is 21.6 Å². The second kappa shape index (κ2) is 7.29. The van der Waals surface area contributed by atoms with Crippen LogP contribution in [0.25, 0.3) is 10.8 Å². The molecule has 0 aliphatic heterocycles. The van der Waals surface area contributed by atoms with E-state index in [1.165, 1.54) is 0 Å². The number of aromatic nitrogens is 3. The highest BCUT2D eigenvalue weighted by Gasteiger charge is 2.22. The number of nitrogens with one attached hydrogen (secondary N) is 1. The molecule has 0 radical (unpaired) electrons. The number of fused-ring (bicyclic) bond motifs is 1. The number of pyridine rings is 1. The summed E-state index contributed by atoms with van der Waals surface area (Å²) in [7, 11) is 3.63. The fraction of sp³-hybridized carbons (Fsp3) is 0.143. The van der Waals surface area contributed by atoms with Gasteiger partial charge in [0.1, 0.15) is 28.6 Å². The van der Waals surface area contributed by atoms with Crippen molar-refractivity contribution in [3.05, 3.63) is 83.5 Å². The molecule has 0 fully saturated rings. The van der Waals surface area contributed by atoms with Crippen LogP contribution in [0.2, 0.25) is 5.15 Å². The molecule has 27 heavy (non-hydrogen) atoms. The van der Waals surface area contributed by atoms with Gasteiger partial charge >= 0.3 is 0 Å². The first kappa shape index (κ1) is 17.4. The Labute approximate surface area is 162 Å². The van der Waals surface area contributed by atoms with Gasteiger partial charge in [0.25, 0.3) is 0 Å². The van der Waals surface area contributed by atoms with E-state index in [-0.39, 0.29) is 6.04 Å². The van der Waals surface area contributed by atoms with Gasteiger partial charge in [0.05, 0.1) is 7.11 Å². The maximum absolute atomic E-state index is 6.41. The average Bonchev–Trinajstić information content (AvgIpc) is 3.12. The lowest BCUT2D eigenvalue weighted by atomic mass is 10.0. The molecule has 4 rings (SSSR count). The van der Waals surface area contributed by atoms with Gasteiger partial charge in [-0.15, -0.1) is 0 Å². The highest BCUT2D eigenvalue weighted by Crippen LogP contribution is 2.33. The smallest absolute Gasteiger partial charge is 0.139 e. The van der Waals surface area contributed by atoms with E-state index >= 15 is 0 Å². The molecule has 0 aliphatic carbocycles. The van der Waals surface area contributed by atoms with Crippen molar-refractivity contribution in [2.45, 2.75) is 6.04 Å². The number of ether oxygens (including phenoxy) is 1. The molecule has 6 heteroatoms. The fourth-order valence-corrected chi connectivity index (χ4v) is 3.48. The topological polar surface area (TPSA) is 52.0 Å². The van der Waals surface area contributed by atoms with Crippen molar-refractivity contribution >= 4 is 28.2 Å². The summed E-state index contributed by atoms with van der Waals surface area (Å²) in [5, 5.41) is 5.91. The lowest BCUT2D eigenvalue weighted by Crippen LogP contribution is -2.18. The maximum atomic E-state index is 6.41. The monoisotopic (exact) mass is 378 g/mol. The lowest BCUT2D eigenvalue weighted by Gasteiger charge is -2.22. The Hall–Kier alpha value is -3.05. The molecule has 136 valence electrons. The number of hydrogen-bond acceptors (Lipinski definition) is 4. The first-order valence-corrected chi connectivity index (χ1v) is 8.97. The van der Waals surface area contributed by atoms with Crippen LogP contribution in [0.4, 0.5) is 5.82 Å². The third-order valence-corrected chi connectivity index (χ3v) is 4.84. The van der Waals surface area contributed by atoms with Crippen LogP contribution >= 0.6 is 11.6 Å². The molecule has 0 saturated heterocycles. The molecule has 4 aromatic rings. The molecule has 0 bridgehead atoms. The van der Waals surface area contributed by atoms with E-state index < -0.39 is 0 Å². The molecule has 1 atom stereocenters. The lowest BCUT2D eigenvalue weighted by molar-refractivity contribution is 0.408. The zero-order valence-electron chi connectivity index (χ0n) is 15.1. The number of anilines is 1. The summed E-state index contributed by atoms with van der Waals surface area (Å²) < 4.78 is 7.55. The van der Waals surface area contributed by atoms with Crippen molar-refractivity contribution in [3.63, 3.8) is 0 Å². The number of hydrogen-bond donors (Lipinski definition) is 1. The summed E-state index contributed by atoms with van der Waals surface area (Å²) in [6.07, 6.45) is 3.69. The van der Waals surface area contributed by atoms with Crippen molar-refractivity contribution in [3.8, 4) is 5.75 Å². The van der Waals surface area contributed by atoms with Gasteiger partial charge in [0, 0.05) is 30.4 Å². The van der Waals surface area contributed by atoms with Gasteiger partial charge in [-0.3, -0.25) is 0 Å². The molecule has 0 saturated carbocycles. The summed E-state index contributed by atoms with van der Waals surface area (Å²) in [6.45, 7) is 0. The zero-order valence-corrected chi connectivity index (χ0v) is 15.8. The molecule has 2 heterocycles. The van der Waals surface area contributed by atoms with E-state index in [9.17, 15) is 0 Å². The molecule has 1 unspecified atom stereocenters. The SMILES string of the molecule is COc1ccccc1C(Nc1cc2ccccc2c(Cl)n1)c1nccn1C. The number of benzene rings is 2. The molecule has 2 aromatic heterocycles. The third-order valence-electron chi connectivity index (χ3n) is 4.55. The number of halogens is 1. The van der Waals surface area contributed by atoms with Crippen LogP contribution in [0.15, 0.2) is 67.0 Å². The van der Waals surface area contributed by atoms with Crippen LogP contribution in [0.5, 0.6) is 5.75 Å². The third kappa shape index (κ3) is 3.34. The first-order valence-electron chi connectivity index (χ1n) is 8.59. The molecule has 0 amide bonds. The van der Waals surface area contributed by atoms with E-state index in [1.807, 2.05) is 72.4 Å². The summed E-state index contributed by atoms with van der Waals surface area (Å²) >= 11 is 6.41. The predicted molar refractivity (Wildman–Crippen MR) is 108 cm³/mol. The van der Waals surface area contributed by atoms with E-state index in [2.05, 4.69) is 15.3 Å². The van der Waals surface area contributed by atoms with Gasteiger partial charge in [-0.25, -0.2) is 9.97 Å². The van der Waals surface area contributed by atoms with Crippen LogP contribution < -0.4 is 10.1 Å². The Morgan fingerprint density at radius 2 is 1.89 bits per heavy atom. The van der Waals surface area contributed by atoms with Crippen molar-refractivity contribution in [1.82, 2.24) is 14.5 Å². The largest absolute Gasteiger partial charge is 0.496 e. The average molecular weight is 379 g/mol. The second-order valence-corrected chi connectivity index (χ2v) is 6.59. The van der Waals surface area contributed by atoms with Crippen molar-refractivity contribution in [2.24, 2.45) is 7.05 Å². The minimum absolute atomic E-state index is 0.245. The van der Waals surface area contributed by atoms with Gasteiger partial charge in [0.2, 0.25) is 0 Å².